The van der Waals surface area contributed by atoms with Crippen molar-refractivity contribution >= 4 is 17.5 Å². The van der Waals surface area contributed by atoms with Crippen LogP contribution in [0, 0.1) is 10.8 Å². The maximum atomic E-state index is 13.0. The molecule has 2 aliphatic rings. The van der Waals surface area contributed by atoms with E-state index in [0.717, 1.165) is 31.4 Å². The molecule has 1 aromatic heterocycles. The fraction of sp³-hybridized carbons (Fsp3) is 0.500. The van der Waals surface area contributed by atoms with Crippen molar-refractivity contribution in [1.29, 1.82) is 0 Å². The van der Waals surface area contributed by atoms with E-state index in [9.17, 15) is 4.79 Å². The summed E-state index contributed by atoms with van der Waals surface area (Å²) in [5.41, 5.74) is 1.75. The first kappa shape index (κ1) is 16.6. The second kappa shape index (κ2) is 5.60. The Bertz CT molecular complexity index is 811. The zero-order valence-electron chi connectivity index (χ0n) is 14.9. The number of aromatic nitrogens is 1. The zero-order valence-corrected chi connectivity index (χ0v) is 15.6. The molecule has 2 bridgehead atoms. The molecule has 1 aromatic carbocycles. The number of carbonyl (C=O) groups excluding carboxylic acids is 1. The molecule has 1 amide bonds. The van der Waals surface area contributed by atoms with Gasteiger partial charge in [-0.1, -0.05) is 37.5 Å². The molecular formula is C20H23ClN2O2. The van der Waals surface area contributed by atoms with E-state index in [1.165, 1.54) is 0 Å². The minimum atomic E-state index is -0.0182. The lowest BCUT2D eigenvalue weighted by Gasteiger charge is -2.39. The van der Waals surface area contributed by atoms with Crippen molar-refractivity contribution in [1.82, 2.24) is 10.1 Å². The van der Waals surface area contributed by atoms with Crippen molar-refractivity contribution in [3.05, 3.63) is 41.0 Å². The fourth-order valence-corrected chi connectivity index (χ4v) is 5.10. The average Bonchev–Trinajstić information content (AvgIpc) is 3.09. The smallest absolute Gasteiger partial charge is 0.276 e. The predicted molar refractivity (Wildman–Crippen MR) is 97.5 cm³/mol. The van der Waals surface area contributed by atoms with Gasteiger partial charge in [-0.15, -0.1) is 0 Å². The number of fused-ring (bicyclic) bond motifs is 2. The second-order valence-electron chi connectivity index (χ2n) is 8.73. The summed E-state index contributed by atoms with van der Waals surface area (Å²) in [7, 11) is 0. The number of rotatable bonds is 2. The molecule has 25 heavy (non-hydrogen) atoms. The lowest BCUT2D eigenvalue weighted by Crippen LogP contribution is -2.37. The van der Waals surface area contributed by atoms with Crippen LogP contribution in [0.3, 0.4) is 0 Å². The zero-order chi connectivity index (χ0) is 17.8. The van der Waals surface area contributed by atoms with Crippen LogP contribution in [0.1, 0.15) is 50.5 Å². The number of halogens is 1. The van der Waals surface area contributed by atoms with Crippen LogP contribution in [0.2, 0.25) is 5.02 Å². The molecule has 2 atom stereocenters. The van der Waals surface area contributed by atoms with Crippen LogP contribution in [0.4, 0.5) is 0 Å². The first-order valence-electron chi connectivity index (χ1n) is 8.78. The molecule has 1 aliphatic heterocycles. The highest BCUT2D eigenvalue weighted by Crippen LogP contribution is 2.52. The molecule has 0 unspecified atom stereocenters. The second-order valence-corrected chi connectivity index (χ2v) is 9.17. The minimum Gasteiger partial charge on any atom is -0.355 e. The van der Waals surface area contributed by atoms with Crippen molar-refractivity contribution in [3.63, 3.8) is 0 Å². The summed E-state index contributed by atoms with van der Waals surface area (Å²) < 4.78 is 5.41. The molecule has 4 nitrogen and oxygen atoms in total. The summed E-state index contributed by atoms with van der Waals surface area (Å²) in [4.78, 5) is 15.0. The van der Waals surface area contributed by atoms with E-state index in [1.807, 2.05) is 17.0 Å². The summed E-state index contributed by atoms with van der Waals surface area (Å²) >= 11 is 5.92. The quantitative estimate of drug-likeness (QED) is 0.755. The van der Waals surface area contributed by atoms with Crippen LogP contribution in [-0.4, -0.2) is 28.6 Å². The number of nitrogens with zero attached hydrogens (tertiary/aromatic N) is 2. The molecule has 5 heteroatoms. The Hall–Kier alpha value is -1.81. The molecule has 2 aromatic rings. The molecule has 4 rings (SSSR count). The molecule has 0 radical (unpaired) electrons. The molecular weight excluding hydrogens is 336 g/mol. The van der Waals surface area contributed by atoms with Crippen molar-refractivity contribution < 1.29 is 9.32 Å². The van der Waals surface area contributed by atoms with Crippen LogP contribution in [0.25, 0.3) is 11.3 Å². The van der Waals surface area contributed by atoms with Gasteiger partial charge in [-0.3, -0.25) is 4.79 Å². The van der Waals surface area contributed by atoms with Crippen LogP contribution in [-0.2, 0) is 0 Å². The van der Waals surface area contributed by atoms with Crippen LogP contribution in [0.15, 0.2) is 34.9 Å². The van der Waals surface area contributed by atoms with E-state index in [0.29, 0.717) is 22.5 Å². The van der Waals surface area contributed by atoms with Crippen LogP contribution >= 0.6 is 11.6 Å². The number of likely N-dealkylation sites (tertiary alicyclic amines) is 1. The van der Waals surface area contributed by atoms with Gasteiger partial charge in [0.2, 0.25) is 0 Å². The fourth-order valence-electron chi connectivity index (χ4n) is 4.97. The van der Waals surface area contributed by atoms with E-state index in [1.54, 1.807) is 18.2 Å². The summed E-state index contributed by atoms with van der Waals surface area (Å²) in [6.45, 7) is 7.72. The predicted octanol–water partition coefficient (Wildman–Crippen LogP) is 5.04. The van der Waals surface area contributed by atoms with Crippen molar-refractivity contribution in [3.8, 4) is 11.3 Å². The lowest BCUT2D eigenvalue weighted by molar-refractivity contribution is 0.0698. The van der Waals surface area contributed by atoms with Gasteiger partial charge in [0.05, 0.1) is 0 Å². The summed E-state index contributed by atoms with van der Waals surface area (Å²) in [5.74, 6) is 0.573. The van der Waals surface area contributed by atoms with Gasteiger partial charge in [-0.25, -0.2) is 0 Å². The number of hydrogen-bond donors (Lipinski definition) is 0. The Balaban J connectivity index is 1.57. The van der Waals surface area contributed by atoms with E-state index in [4.69, 9.17) is 16.1 Å². The van der Waals surface area contributed by atoms with Crippen LogP contribution in [0.5, 0.6) is 0 Å². The third-order valence-electron chi connectivity index (χ3n) is 5.53. The summed E-state index contributed by atoms with van der Waals surface area (Å²) in [6, 6.07) is 9.37. The Morgan fingerprint density at radius 2 is 1.96 bits per heavy atom. The maximum absolute atomic E-state index is 13.0. The standard InChI is InChI=1S/C20H23ClN2O2/c1-19(2)9-15-10-20(3,11-19)12-23(15)18(24)16-8-17(25-22-16)13-4-6-14(21)7-5-13/h4-8,15H,9-12H2,1-3H3/t15-,20+/m1/s1. The number of carbonyl (C=O) groups is 1. The molecule has 132 valence electrons. The Morgan fingerprint density at radius 3 is 2.68 bits per heavy atom. The number of benzene rings is 1. The van der Waals surface area contributed by atoms with Gasteiger partial charge >= 0.3 is 0 Å². The maximum Gasteiger partial charge on any atom is 0.276 e. The average molecular weight is 359 g/mol. The van der Waals surface area contributed by atoms with Gasteiger partial charge in [-0.05, 0) is 54.4 Å². The monoisotopic (exact) mass is 358 g/mol. The summed E-state index contributed by atoms with van der Waals surface area (Å²) in [5, 5.41) is 4.70. The molecule has 1 aliphatic carbocycles. The lowest BCUT2D eigenvalue weighted by atomic mass is 9.65. The van der Waals surface area contributed by atoms with Crippen LogP contribution < -0.4 is 0 Å². The molecule has 2 fully saturated rings. The molecule has 0 N–H and O–H groups in total. The Morgan fingerprint density at radius 1 is 1.24 bits per heavy atom. The highest BCUT2D eigenvalue weighted by atomic mass is 35.5. The van der Waals surface area contributed by atoms with Gasteiger partial charge in [0.1, 0.15) is 0 Å². The molecule has 0 spiro atoms. The minimum absolute atomic E-state index is 0.0182. The van der Waals surface area contributed by atoms with Gasteiger partial charge < -0.3 is 9.42 Å². The normalized spacial score (nSPS) is 27.5. The van der Waals surface area contributed by atoms with Crippen molar-refractivity contribution in [2.24, 2.45) is 10.8 Å². The largest absolute Gasteiger partial charge is 0.355 e. The van der Waals surface area contributed by atoms with Gasteiger partial charge in [0.25, 0.3) is 5.91 Å². The number of hydrogen-bond acceptors (Lipinski definition) is 3. The van der Waals surface area contributed by atoms with Crippen molar-refractivity contribution in [2.75, 3.05) is 6.54 Å². The van der Waals surface area contributed by atoms with Gasteiger partial charge in [0, 0.05) is 29.2 Å². The third kappa shape index (κ3) is 3.08. The SMILES string of the molecule is CC1(C)C[C@@H]2C[C@](C)(CN2C(=O)c2cc(-c3ccc(Cl)cc3)on2)C1. The van der Waals surface area contributed by atoms with E-state index in [-0.39, 0.29) is 16.7 Å². The van der Waals surface area contributed by atoms with Gasteiger partial charge in [0.15, 0.2) is 11.5 Å². The Kier molecular flexibility index (Phi) is 3.73. The first-order valence-corrected chi connectivity index (χ1v) is 9.16. The topological polar surface area (TPSA) is 46.3 Å². The van der Waals surface area contributed by atoms with E-state index >= 15 is 0 Å². The van der Waals surface area contributed by atoms with E-state index in [2.05, 4.69) is 25.9 Å². The molecule has 1 saturated carbocycles. The van der Waals surface area contributed by atoms with Crippen molar-refractivity contribution in [2.45, 2.75) is 46.1 Å². The molecule has 2 heterocycles. The molecule has 1 saturated heterocycles. The Labute approximate surface area is 153 Å². The summed E-state index contributed by atoms with van der Waals surface area (Å²) in [6.07, 6.45) is 3.30. The number of amides is 1. The first-order chi connectivity index (χ1) is 11.7. The van der Waals surface area contributed by atoms with E-state index < -0.39 is 0 Å². The third-order valence-corrected chi connectivity index (χ3v) is 5.79. The highest BCUT2D eigenvalue weighted by Gasteiger charge is 2.51. The highest BCUT2D eigenvalue weighted by molar-refractivity contribution is 6.30. The van der Waals surface area contributed by atoms with Gasteiger partial charge in [-0.2, -0.15) is 0 Å².